The highest BCUT2D eigenvalue weighted by molar-refractivity contribution is 6.32. The summed E-state index contributed by atoms with van der Waals surface area (Å²) in [5, 5.41) is 0.755. The van der Waals surface area contributed by atoms with E-state index in [0.29, 0.717) is 0 Å². The summed E-state index contributed by atoms with van der Waals surface area (Å²) in [5.74, 6) is 0. The van der Waals surface area contributed by atoms with E-state index in [-0.39, 0.29) is 5.41 Å². The zero-order valence-corrected chi connectivity index (χ0v) is 18.9. The lowest BCUT2D eigenvalue weighted by Gasteiger charge is -2.33. The van der Waals surface area contributed by atoms with Gasteiger partial charge < -0.3 is 0 Å². The molecular weight excluding hydrogens is 384 g/mol. The Balaban J connectivity index is 1.70. The maximum absolute atomic E-state index is 6.50. The molecule has 2 aromatic carbocycles. The van der Waals surface area contributed by atoms with Gasteiger partial charge in [0, 0.05) is 5.02 Å². The van der Waals surface area contributed by atoms with Crippen LogP contribution in [0.5, 0.6) is 0 Å². The highest BCUT2D eigenvalue weighted by Crippen LogP contribution is 2.43. The molecule has 1 heteroatoms. The van der Waals surface area contributed by atoms with E-state index in [1.807, 2.05) is 13.0 Å². The monoisotopic (exact) mass is 412 g/mol. The summed E-state index contributed by atoms with van der Waals surface area (Å²) >= 11 is 6.50. The van der Waals surface area contributed by atoms with Crippen molar-refractivity contribution in [2.75, 3.05) is 0 Å². The van der Waals surface area contributed by atoms with Crippen LogP contribution in [0.25, 0.3) is 23.3 Å². The van der Waals surface area contributed by atoms with Crippen molar-refractivity contribution < 1.29 is 0 Å². The molecule has 0 aliphatic heterocycles. The summed E-state index contributed by atoms with van der Waals surface area (Å²) < 4.78 is 0. The van der Waals surface area contributed by atoms with Crippen LogP contribution >= 0.6 is 11.6 Å². The molecule has 0 nitrogen and oxygen atoms in total. The van der Waals surface area contributed by atoms with Crippen LogP contribution in [0.4, 0.5) is 0 Å². The molecule has 0 radical (unpaired) electrons. The predicted octanol–water partition coefficient (Wildman–Crippen LogP) is 8.88. The molecule has 0 fully saturated rings. The van der Waals surface area contributed by atoms with Crippen LogP contribution in [0.15, 0.2) is 72.9 Å². The van der Waals surface area contributed by atoms with Crippen molar-refractivity contribution in [3.05, 3.63) is 106 Å². The summed E-state index contributed by atoms with van der Waals surface area (Å²) in [6, 6.07) is 13.0. The fourth-order valence-corrected chi connectivity index (χ4v) is 4.54. The Hall–Kier alpha value is -2.57. The predicted molar refractivity (Wildman–Crippen MR) is 134 cm³/mol. The minimum absolute atomic E-state index is 0.161. The van der Waals surface area contributed by atoms with Crippen molar-refractivity contribution in [2.45, 2.75) is 45.4 Å². The Morgan fingerprint density at radius 3 is 2.63 bits per heavy atom. The molecular formula is C29H29Cl. The average molecular weight is 413 g/mol. The van der Waals surface area contributed by atoms with E-state index in [4.69, 9.17) is 11.6 Å². The lowest BCUT2D eigenvalue weighted by Crippen LogP contribution is -2.22. The van der Waals surface area contributed by atoms with Crippen LogP contribution in [0.1, 0.15) is 67.9 Å². The zero-order valence-electron chi connectivity index (χ0n) is 18.1. The molecule has 0 atom stereocenters. The molecule has 152 valence electrons. The number of hydrogen-bond donors (Lipinski definition) is 0. The first-order chi connectivity index (χ1) is 14.3. The van der Waals surface area contributed by atoms with Crippen molar-refractivity contribution in [3.63, 3.8) is 0 Å². The van der Waals surface area contributed by atoms with E-state index in [0.717, 1.165) is 41.0 Å². The van der Waals surface area contributed by atoms with Gasteiger partial charge in [0.15, 0.2) is 0 Å². The molecule has 2 aromatic rings. The van der Waals surface area contributed by atoms with Crippen molar-refractivity contribution in [1.29, 1.82) is 0 Å². The van der Waals surface area contributed by atoms with Crippen molar-refractivity contribution in [1.82, 2.24) is 0 Å². The second-order valence-electron chi connectivity index (χ2n) is 9.02. The third-order valence-corrected chi connectivity index (χ3v) is 6.52. The summed E-state index contributed by atoms with van der Waals surface area (Å²) in [6.45, 7) is 10.7. The number of halogens is 1. The fraction of sp³-hybridized carbons (Fsp3) is 0.241. The lowest BCUT2D eigenvalue weighted by atomic mass is 9.71. The van der Waals surface area contributed by atoms with Gasteiger partial charge in [0.2, 0.25) is 0 Å². The molecule has 0 aromatic heterocycles. The number of fused-ring (bicyclic) bond motifs is 1. The van der Waals surface area contributed by atoms with Gasteiger partial charge in [-0.15, -0.1) is 0 Å². The summed E-state index contributed by atoms with van der Waals surface area (Å²) in [4.78, 5) is 0. The molecule has 4 rings (SSSR count). The Morgan fingerprint density at radius 1 is 1.10 bits per heavy atom. The SMILES string of the molecule is C=C(C)c1ccc(/C=C/c2ccc3c(c2)C(C2=CC=CCC2)=CCC3(C)C)c(Cl)c1. The molecule has 0 amide bonds. The van der Waals surface area contributed by atoms with Crippen molar-refractivity contribution in [2.24, 2.45) is 0 Å². The Labute approximate surface area is 186 Å². The third-order valence-electron chi connectivity index (χ3n) is 6.19. The van der Waals surface area contributed by atoms with E-state index in [2.05, 4.69) is 87.2 Å². The summed E-state index contributed by atoms with van der Waals surface area (Å²) in [5.41, 5.74) is 10.2. The van der Waals surface area contributed by atoms with Crippen LogP contribution in [0, 0.1) is 0 Å². The molecule has 2 aliphatic rings. The van der Waals surface area contributed by atoms with Gasteiger partial charge in [0.1, 0.15) is 0 Å². The smallest absolute Gasteiger partial charge is 0.0484 e. The molecule has 0 unspecified atom stereocenters. The van der Waals surface area contributed by atoms with Gasteiger partial charge >= 0.3 is 0 Å². The molecule has 0 spiro atoms. The number of benzene rings is 2. The van der Waals surface area contributed by atoms with E-state index >= 15 is 0 Å². The lowest BCUT2D eigenvalue weighted by molar-refractivity contribution is 0.527. The molecule has 0 saturated heterocycles. The van der Waals surface area contributed by atoms with E-state index < -0.39 is 0 Å². The minimum atomic E-state index is 0.161. The molecule has 0 N–H and O–H groups in total. The second kappa shape index (κ2) is 8.28. The van der Waals surface area contributed by atoms with E-state index in [1.165, 1.54) is 27.8 Å². The maximum Gasteiger partial charge on any atom is 0.0484 e. The Kier molecular flexibility index (Phi) is 5.71. The van der Waals surface area contributed by atoms with E-state index in [9.17, 15) is 0 Å². The van der Waals surface area contributed by atoms with Crippen LogP contribution in [0.2, 0.25) is 5.02 Å². The Bertz CT molecular complexity index is 1120. The zero-order chi connectivity index (χ0) is 21.3. The van der Waals surface area contributed by atoms with E-state index in [1.54, 1.807) is 0 Å². The van der Waals surface area contributed by atoms with Crippen LogP contribution in [-0.4, -0.2) is 0 Å². The van der Waals surface area contributed by atoms with Crippen LogP contribution in [0.3, 0.4) is 0 Å². The normalized spacial score (nSPS) is 17.5. The highest BCUT2D eigenvalue weighted by Gasteiger charge is 2.29. The topological polar surface area (TPSA) is 0 Å². The number of hydrogen-bond acceptors (Lipinski definition) is 0. The first-order valence-corrected chi connectivity index (χ1v) is 11.1. The second-order valence-corrected chi connectivity index (χ2v) is 9.43. The maximum atomic E-state index is 6.50. The first kappa shape index (κ1) is 20.7. The third kappa shape index (κ3) is 4.16. The van der Waals surface area contributed by atoms with Gasteiger partial charge in [-0.1, -0.05) is 98.3 Å². The minimum Gasteiger partial charge on any atom is -0.0955 e. The van der Waals surface area contributed by atoms with Gasteiger partial charge in [-0.3, -0.25) is 0 Å². The molecule has 0 bridgehead atoms. The highest BCUT2D eigenvalue weighted by atomic mass is 35.5. The summed E-state index contributed by atoms with van der Waals surface area (Å²) in [7, 11) is 0. The number of rotatable bonds is 4. The first-order valence-electron chi connectivity index (χ1n) is 10.7. The van der Waals surface area contributed by atoms with Crippen molar-refractivity contribution >= 4 is 34.9 Å². The average Bonchev–Trinajstić information content (AvgIpc) is 2.73. The standard InChI is InChI=1S/C29H29Cl/c1-20(2)24-14-13-23(28(30)19-24)12-10-21-11-15-27-26(18-21)25(16-17-29(27,3)4)22-8-6-5-7-9-22/h5-6,8,10-16,18-19H,1,7,9,17H2,2-4H3/b12-10+. The van der Waals surface area contributed by atoms with Crippen molar-refractivity contribution in [3.8, 4) is 0 Å². The van der Waals surface area contributed by atoms with Gasteiger partial charge in [-0.25, -0.2) is 0 Å². The summed E-state index contributed by atoms with van der Waals surface area (Å²) in [6.07, 6.45) is 16.8. The van der Waals surface area contributed by atoms with Gasteiger partial charge in [-0.05, 0) is 82.7 Å². The van der Waals surface area contributed by atoms with Gasteiger partial charge in [-0.2, -0.15) is 0 Å². The Morgan fingerprint density at radius 2 is 1.93 bits per heavy atom. The largest absolute Gasteiger partial charge is 0.0955 e. The van der Waals surface area contributed by atoms with Gasteiger partial charge in [0.25, 0.3) is 0 Å². The molecule has 0 saturated carbocycles. The van der Waals surface area contributed by atoms with Crippen LogP contribution < -0.4 is 0 Å². The molecule has 0 heterocycles. The fourth-order valence-electron chi connectivity index (χ4n) is 4.30. The number of allylic oxidation sites excluding steroid dienone is 7. The van der Waals surface area contributed by atoms with Crippen LogP contribution in [-0.2, 0) is 5.41 Å². The molecule has 30 heavy (non-hydrogen) atoms. The quantitative estimate of drug-likeness (QED) is 0.439. The van der Waals surface area contributed by atoms with Gasteiger partial charge in [0.05, 0.1) is 0 Å². The molecule has 2 aliphatic carbocycles.